The summed E-state index contributed by atoms with van der Waals surface area (Å²) in [6.45, 7) is 4.80. The summed E-state index contributed by atoms with van der Waals surface area (Å²) in [6.07, 6.45) is 10.4. The van der Waals surface area contributed by atoms with Crippen LogP contribution in [0.2, 0.25) is 0 Å². The average Bonchev–Trinajstić information content (AvgIpc) is 2.77. The van der Waals surface area contributed by atoms with Gasteiger partial charge in [0.1, 0.15) is 0 Å². The van der Waals surface area contributed by atoms with Gasteiger partial charge in [0.15, 0.2) is 0 Å². The number of carbonyl (C=O) groups is 1. The first kappa shape index (κ1) is 15.9. The third kappa shape index (κ3) is 1.95. The molecule has 0 aliphatic heterocycles. The Morgan fingerprint density at radius 1 is 1.04 bits per heavy atom. The highest BCUT2D eigenvalue weighted by molar-refractivity contribution is 5.75. The average molecular weight is 320 g/mol. The molecule has 0 radical (unpaired) electrons. The second-order valence-corrected chi connectivity index (χ2v) is 9.78. The third-order valence-electron chi connectivity index (χ3n) is 9.00. The van der Waals surface area contributed by atoms with Crippen molar-refractivity contribution < 1.29 is 15.0 Å². The summed E-state index contributed by atoms with van der Waals surface area (Å²) in [7, 11) is 0. The van der Waals surface area contributed by atoms with Crippen LogP contribution in [0.4, 0.5) is 0 Å². The van der Waals surface area contributed by atoms with Crippen molar-refractivity contribution in [2.75, 3.05) is 6.61 Å². The summed E-state index contributed by atoms with van der Waals surface area (Å²) in [5.41, 5.74) is 0.0811. The number of hydrogen-bond acceptors (Lipinski definition) is 2. The molecule has 0 amide bonds. The van der Waals surface area contributed by atoms with Gasteiger partial charge in [-0.1, -0.05) is 13.3 Å². The Morgan fingerprint density at radius 3 is 2.52 bits per heavy atom. The SMILES string of the molecule is C[C@@]12CCC[C@@](C)(C(=O)O)[C@H]1CC[C@@]13CC(CC[C@H]12)[C@H](CO)C3. The zero-order valence-electron chi connectivity index (χ0n) is 14.7. The Balaban J connectivity index is 1.71. The lowest BCUT2D eigenvalue weighted by atomic mass is 9.41. The van der Waals surface area contributed by atoms with Crippen molar-refractivity contribution in [3.05, 3.63) is 0 Å². The number of carboxylic acid groups (broad SMARTS) is 1. The molecule has 1 unspecified atom stereocenters. The number of carboxylic acids is 1. The molecule has 0 aromatic carbocycles. The van der Waals surface area contributed by atoms with Crippen LogP contribution in [0, 0.1) is 39.9 Å². The molecule has 2 bridgehead atoms. The molecule has 4 aliphatic carbocycles. The molecule has 1 spiro atoms. The van der Waals surface area contributed by atoms with E-state index >= 15 is 0 Å². The van der Waals surface area contributed by atoms with Crippen LogP contribution in [0.3, 0.4) is 0 Å². The van der Waals surface area contributed by atoms with E-state index < -0.39 is 11.4 Å². The van der Waals surface area contributed by atoms with Crippen molar-refractivity contribution >= 4 is 5.97 Å². The van der Waals surface area contributed by atoms with E-state index in [1.54, 1.807) is 0 Å². The van der Waals surface area contributed by atoms with Crippen LogP contribution in [-0.4, -0.2) is 22.8 Å². The van der Waals surface area contributed by atoms with E-state index in [-0.39, 0.29) is 5.41 Å². The van der Waals surface area contributed by atoms with Crippen molar-refractivity contribution in [1.29, 1.82) is 0 Å². The van der Waals surface area contributed by atoms with Gasteiger partial charge in [0.25, 0.3) is 0 Å². The van der Waals surface area contributed by atoms with Crippen LogP contribution in [-0.2, 0) is 4.79 Å². The predicted octanol–water partition coefficient (Wildman–Crippen LogP) is 4.09. The van der Waals surface area contributed by atoms with Gasteiger partial charge in [-0.25, -0.2) is 0 Å². The Morgan fingerprint density at radius 2 is 1.83 bits per heavy atom. The lowest BCUT2D eigenvalue weighted by Crippen LogP contribution is -2.58. The zero-order chi connectivity index (χ0) is 16.5. The first-order valence-corrected chi connectivity index (χ1v) is 9.70. The van der Waals surface area contributed by atoms with E-state index in [0.29, 0.717) is 29.8 Å². The summed E-state index contributed by atoms with van der Waals surface area (Å²) < 4.78 is 0. The zero-order valence-corrected chi connectivity index (χ0v) is 14.7. The van der Waals surface area contributed by atoms with Gasteiger partial charge in [0.2, 0.25) is 0 Å². The molecule has 7 atom stereocenters. The molecule has 4 rings (SSSR count). The number of aliphatic hydroxyl groups excluding tert-OH is 1. The highest BCUT2D eigenvalue weighted by atomic mass is 16.4. The second kappa shape index (κ2) is 4.97. The minimum Gasteiger partial charge on any atom is -0.481 e. The lowest BCUT2D eigenvalue weighted by molar-refractivity contribution is -0.181. The first-order chi connectivity index (χ1) is 10.9. The Labute approximate surface area is 139 Å². The van der Waals surface area contributed by atoms with E-state index in [0.717, 1.165) is 25.2 Å². The minimum atomic E-state index is -0.572. The maximum Gasteiger partial charge on any atom is 0.309 e. The maximum absolute atomic E-state index is 12.1. The quantitative estimate of drug-likeness (QED) is 0.805. The van der Waals surface area contributed by atoms with Gasteiger partial charge >= 0.3 is 5.97 Å². The summed E-state index contributed by atoms with van der Waals surface area (Å²) in [5, 5.41) is 19.7. The minimum absolute atomic E-state index is 0.193. The smallest absolute Gasteiger partial charge is 0.309 e. The van der Waals surface area contributed by atoms with Crippen molar-refractivity contribution in [3.63, 3.8) is 0 Å². The molecule has 0 aromatic rings. The molecular formula is C20H32O3. The predicted molar refractivity (Wildman–Crippen MR) is 88.9 cm³/mol. The highest BCUT2D eigenvalue weighted by Gasteiger charge is 2.65. The van der Waals surface area contributed by atoms with Crippen LogP contribution in [0.1, 0.15) is 71.6 Å². The van der Waals surface area contributed by atoms with E-state index in [9.17, 15) is 15.0 Å². The van der Waals surface area contributed by atoms with Gasteiger partial charge in [-0.3, -0.25) is 4.79 Å². The van der Waals surface area contributed by atoms with E-state index in [2.05, 4.69) is 6.92 Å². The standard InChI is InChI=1S/C20H32O3/c1-18-7-3-8-19(2,17(22)23)15(18)6-9-20-10-13(4-5-16(18)20)14(11-20)12-21/h13-16,21H,3-12H2,1-2H3,(H,22,23)/t13?,14-,15-,16-,18+,19+,20-/m0/s1. The molecular weight excluding hydrogens is 288 g/mol. The van der Waals surface area contributed by atoms with Gasteiger partial charge in [-0.2, -0.15) is 0 Å². The van der Waals surface area contributed by atoms with E-state index in [1.807, 2.05) is 6.92 Å². The topological polar surface area (TPSA) is 57.5 Å². The van der Waals surface area contributed by atoms with Crippen LogP contribution in [0.5, 0.6) is 0 Å². The molecule has 4 fully saturated rings. The molecule has 3 nitrogen and oxygen atoms in total. The van der Waals surface area contributed by atoms with Crippen molar-refractivity contribution in [1.82, 2.24) is 0 Å². The molecule has 0 heterocycles. The van der Waals surface area contributed by atoms with Gasteiger partial charge in [0, 0.05) is 6.61 Å². The molecule has 0 saturated heterocycles. The first-order valence-electron chi connectivity index (χ1n) is 9.70. The molecule has 0 aromatic heterocycles. The number of hydrogen-bond donors (Lipinski definition) is 2. The van der Waals surface area contributed by atoms with Crippen LogP contribution in [0.15, 0.2) is 0 Å². The van der Waals surface area contributed by atoms with Gasteiger partial charge in [-0.05, 0) is 92.8 Å². The van der Waals surface area contributed by atoms with Crippen LogP contribution >= 0.6 is 0 Å². The summed E-state index contributed by atoms with van der Waals surface area (Å²) >= 11 is 0. The van der Waals surface area contributed by atoms with Gasteiger partial charge in [-0.15, -0.1) is 0 Å². The normalized spacial score (nSPS) is 55.1. The highest BCUT2D eigenvalue weighted by Crippen LogP contribution is 2.72. The monoisotopic (exact) mass is 320 g/mol. The number of rotatable bonds is 2. The third-order valence-corrected chi connectivity index (χ3v) is 9.00. The van der Waals surface area contributed by atoms with Crippen molar-refractivity contribution in [2.24, 2.45) is 39.9 Å². The molecule has 3 heteroatoms. The largest absolute Gasteiger partial charge is 0.481 e. The molecule has 4 aliphatic rings. The molecule has 130 valence electrons. The Bertz CT molecular complexity index is 517. The number of fused-ring (bicyclic) bond motifs is 3. The Hall–Kier alpha value is -0.570. The Kier molecular flexibility index (Phi) is 3.44. The number of aliphatic hydroxyl groups is 1. The van der Waals surface area contributed by atoms with Gasteiger partial charge < -0.3 is 10.2 Å². The molecule has 4 saturated carbocycles. The van der Waals surface area contributed by atoms with Crippen LogP contribution in [0.25, 0.3) is 0 Å². The second-order valence-electron chi connectivity index (χ2n) is 9.78. The lowest BCUT2D eigenvalue weighted by Gasteiger charge is -2.63. The molecule has 2 N–H and O–H groups in total. The van der Waals surface area contributed by atoms with Gasteiger partial charge in [0.05, 0.1) is 5.41 Å². The fraction of sp³-hybridized carbons (Fsp3) is 0.950. The summed E-state index contributed by atoms with van der Waals surface area (Å²) in [4.78, 5) is 12.1. The summed E-state index contributed by atoms with van der Waals surface area (Å²) in [5.74, 6) is 1.68. The molecule has 23 heavy (non-hydrogen) atoms. The fourth-order valence-corrected chi connectivity index (χ4v) is 8.06. The maximum atomic E-state index is 12.1. The van der Waals surface area contributed by atoms with E-state index in [1.165, 1.54) is 38.5 Å². The van der Waals surface area contributed by atoms with Crippen molar-refractivity contribution in [3.8, 4) is 0 Å². The fourth-order valence-electron chi connectivity index (χ4n) is 8.06. The van der Waals surface area contributed by atoms with E-state index in [4.69, 9.17) is 0 Å². The van der Waals surface area contributed by atoms with Crippen LogP contribution < -0.4 is 0 Å². The summed E-state index contributed by atoms with van der Waals surface area (Å²) in [6, 6.07) is 0. The van der Waals surface area contributed by atoms with Crippen molar-refractivity contribution in [2.45, 2.75) is 71.6 Å². The number of aliphatic carboxylic acids is 1.